The molecule has 2 aromatic heterocycles. The predicted octanol–water partition coefficient (Wildman–Crippen LogP) is 5.45. The smallest absolute Gasteiger partial charge is 0.224 e. The Morgan fingerprint density at radius 2 is 1.91 bits per heavy atom. The predicted molar refractivity (Wildman–Crippen MR) is 128 cm³/mol. The molecule has 0 spiro atoms. The molecule has 4 rings (SSSR count). The van der Waals surface area contributed by atoms with Gasteiger partial charge in [0, 0.05) is 23.1 Å². The molecule has 2 aromatic carbocycles. The molecule has 170 valence electrons. The minimum absolute atomic E-state index is 0.0743. The number of ether oxygens (including phenoxy) is 1. The van der Waals surface area contributed by atoms with Gasteiger partial charge in [0.1, 0.15) is 5.82 Å². The molecule has 0 aliphatic rings. The van der Waals surface area contributed by atoms with Crippen LogP contribution in [-0.2, 0) is 11.2 Å². The number of hydrogen-bond acceptors (Lipinski definition) is 4. The highest BCUT2D eigenvalue weighted by Gasteiger charge is 2.21. The molecule has 2 heterocycles. The van der Waals surface area contributed by atoms with Crippen LogP contribution in [-0.4, -0.2) is 27.3 Å². The third-order valence-corrected chi connectivity index (χ3v) is 5.57. The lowest BCUT2D eigenvalue weighted by molar-refractivity contribution is -0.116. The van der Waals surface area contributed by atoms with E-state index in [1.807, 2.05) is 52.0 Å². The highest BCUT2D eigenvalue weighted by atomic mass is 19.1. The maximum absolute atomic E-state index is 13.8. The number of rotatable bonds is 7. The average molecular weight is 447 g/mol. The molecule has 0 fully saturated rings. The summed E-state index contributed by atoms with van der Waals surface area (Å²) < 4.78 is 21.3. The maximum Gasteiger partial charge on any atom is 0.224 e. The molecular formula is C26H27FN4O2. The van der Waals surface area contributed by atoms with Gasteiger partial charge in [0.25, 0.3) is 0 Å². The van der Waals surface area contributed by atoms with Crippen molar-refractivity contribution in [3.8, 4) is 11.6 Å². The Morgan fingerprint density at radius 1 is 1.12 bits per heavy atom. The van der Waals surface area contributed by atoms with Crippen LogP contribution in [0, 0.1) is 26.6 Å². The Labute approximate surface area is 192 Å². The first-order valence-electron chi connectivity index (χ1n) is 11.0. The summed E-state index contributed by atoms with van der Waals surface area (Å²) in [7, 11) is 0. The molecule has 0 unspecified atom stereocenters. The molecule has 1 amide bonds. The number of carbonyl (C=O) groups excluding carboxylic acids is 1. The van der Waals surface area contributed by atoms with Crippen molar-refractivity contribution in [3.63, 3.8) is 0 Å². The third kappa shape index (κ3) is 4.72. The van der Waals surface area contributed by atoms with Gasteiger partial charge >= 0.3 is 0 Å². The van der Waals surface area contributed by atoms with Crippen LogP contribution in [0.3, 0.4) is 0 Å². The van der Waals surface area contributed by atoms with E-state index >= 15 is 0 Å². The number of halogens is 1. The van der Waals surface area contributed by atoms with Crippen LogP contribution in [0.1, 0.15) is 35.7 Å². The molecule has 0 saturated heterocycles. The zero-order chi connectivity index (χ0) is 23.5. The fraction of sp³-hybridized carbons (Fsp3) is 0.269. The van der Waals surface area contributed by atoms with Gasteiger partial charge in [0.05, 0.1) is 18.0 Å². The van der Waals surface area contributed by atoms with Crippen LogP contribution in [0.15, 0.2) is 48.5 Å². The highest BCUT2D eigenvalue weighted by Crippen LogP contribution is 2.32. The van der Waals surface area contributed by atoms with Gasteiger partial charge in [-0.2, -0.15) is 10.1 Å². The van der Waals surface area contributed by atoms with Crippen molar-refractivity contribution in [2.24, 2.45) is 0 Å². The van der Waals surface area contributed by atoms with E-state index in [0.29, 0.717) is 36.7 Å². The van der Waals surface area contributed by atoms with Crippen LogP contribution in [0.4, 0.5) is 10.1 Å². The lowest BCUT2D eigenvalue weighted by atomic mass is 10.0. The van der Waals surface area contributed by atoms with Crippen molar-refractivity contribution in [2.75, 3.05) is 11.9 Å². The lowest BCUT2D eigenvalue weighted by Gasteiger charge is -2.14. The summed E-state index contributed by atoms with van der Waals surface area (Å²) in [5.41, 5.74) is 5.69. The molecule has 4 aromatic rings. The van der Waals surface area contributed by atoms with Crippen molar-refractivity contribution in [3.05, 3.63) is 76.7 Å². The fourth-order valence-electron chi connectivity index (χ4n) is 4.06. The van der Waals surface area contributed by atoms with Gasteiger partial charge in [0.2, 0.25) is 11.8 Å². The maximum atomic E-state index is 13.8. The van der Waals surface area contributed by atoms with E-state index in [2.05, 4.69) is 10.4 Å². The monoisotopic (exact) mass is 446 g/mol. The van der Waals surface area contributed by atoms with Crippen LogP contribution < -0.4 is 10.1 Å². The topological polar surface area (TPSA) is 69.0 Å². The van der Waals surface area contributed by atoms with E-state index in [9.17, 15) is 9.18 Å². The van der Waals surface area contributed by atoms with Gasteiger partial charge in [0.15, 0.2) is 5.65 Å². The summed E-state index contributed by atoms with van der Waals surface area (Å²) in [5, 5.41) is 8.45. The summed E-state index contributed by atoms with van der Waals surface area (Å²) >= 11 is 0. The summed E-state index contributed by atoms with van der Waals surface area (Å²) in [5.74, 6) is 0.0601. The van der Waals surface area contributed by atoms with Gasteiger partial charge in [-0.15, -0.1) is 0 Å². The summed E-state index contributed by atoms with van der Waals surface area (Å²) in [6, 6.07) is 14.0. The van der Waals surface area contributed by atoms with Crippen molar-refractivity contribution in [1.82, 2.24) is 14.8 Å². The molecule has 1 N–H and O–H groups in total. The van der Waals surface area contributed by atoms with Gasteiger partial charge < -0.3 is 10.1 Å². The number of aryl methyl sites for hydroxylation is 3. The van der Waals surface area contributed by atoms with E-state index in [1.165, 1.54) is 12.1 Å². The number of aromatic nitrogens is 3. The van der Waals surface area contributed by atoms with Gasteiger partial charge in [-0.1, -0.05) is 18.2 Å². The largest absolute Gasteiger partial charge is 0.478 e. The Bertz CT molecular complexity index is 1330. The van der Waals surface area contributed by atoms with Crippen molar-refractivity contribution < 1.29 is 13.9 Å². The lowest BCUT2D eigenvalue weighted by Crippen LogP contribution is -2.13. The molecule has 33 heavy (non-hydrogen) atoms. The number of anilines is 1. The zero-order valence-corrected chi connectivity index (χ0v) is 19.3. The Kier molecular flexibility index (Phi) is 6.40. The number of nitrogens with one attached hydrogen (secondary N) is 1. The van der Waals surface area contributed by atoms with E-state index < -0.39 is 0 Å². The Balaban J connectivity index is 1.68. The van der Waals surface area contributed by atoms with Gasteiger partial charge in [-0.3, -0.25) is 4.79 Å². The number of pyridine rings is 1. The van der Waals surface area contributed by atoms with Crippen LogP contribution >= 0.6 is 0 Å². The number of nitrogens with zero attached hydrogens (tertiary/aromatic N) is 3. The quantitative estimate of drug-likeness (QED) is 0.410. The summed E-state index contributed by atoms with van der Waals surface area (Å²) in [6.07, 6.45) is 0.769. The molecular weight excluding hydrogens is 419 g/mol. The summed E-state index contributed by atoms with van der Waals surface area (Å²) in [6.45, 7) is 8.21. The number of fused-ring (bicyclic) bond motifs is 1. The third-order valence-electron chi connectivity index (χ3n) is 5.57. The molecule has 0 saturated carbocycles. The minimum atomic E-state index is -0.341. The summed E-state index contributed by atoms with van der Waals surface area (Å²) in [4.78, 5) is 17.4. The molecule has 6 nitrogen and oxygen atoms in total. The first-order chi connectivity index (χ1) is 15.9. The highest BCUT2D eigenvalue weighted by molar-refractivity contribution is 5.91. The average Bonchev–Trinajstić information content (AvgIpc) is 3.10. The van der Waals surface area contributed by atoms with Crippen molar-refractivity contribution in [2.45, 2.75) is 40.5 Å². The number of amides is 1. The molecule has 7 heteroatoms. The van der Waals surface area contributed by atoms with E-state index in [4.69, 9.17) is 9.72 Å². The molecule has 0 atom stereocenters. The second-order valence-corrected chi connectivity index (χ2v) is 8.05. The van der Waals surface area contributed by atoms with Crippen molar-refractivity contribution in [1.29, 1.82) is 0 Å². The normalized spacial score (nSPS) is 11.1. The molecule has 0 bridgehead atoms. The second-order valence-electron chi connectivity index (χ2n) is 8.05. The van der Waals surface area contributed by atoms with E-state index in [-0.39, 0.29) is 11.7 Å². The number of benzene rings is 2. The first kappa shape index (κ1) is 22.5. The van der Waals surface area contributed by atoms with E-state index in [1.54, 1.807) is 16.8 Å². The fourth-order valence-corrected chi connectivity index (χ4v) is 4.06. The van der Waals surface area contributed by atoms with Crippen molar-refractivity contribution >= 4 is 22.6 Å². The van der Waals surface area contributed by atoms with Gasteiger partial charge in [-0.05, 0) is 75.6 Å². The van der Waals surface area contributed by atoms with Gasteiger partial charge in [-0.25, -0.2) is 9.07 Å². The Hall–Kier alpha value is -3.74. The first-order valence-corrected chi connectivity index (χ1v) is 11.0. The second kappa shape index (κ2) is 9.40. The number of hydrogen-bond donors (Lipinski definition) is 1. The van der Waals surface area contributed by atoms with Crippen LogP contribution in [0.2, 0.25) is 0 Å². The number of carbonyl (C=O) groups is 1. The zero-order valence-electron chi connectivity index (χ0n) is 19.3. The molecule has 0 radical (unpaired) electrons. The van der Waals surface area contributed by atoms with Crippen LogP contribution in [0.5, 0.6) is 5.88 Å². The molecule has 0 aliphatic carbocycles. The SMILES string of the molecule is CCOc1nc2c(c(C)nn2-c2cccc(F)c2)c(C)c1CCC(=O)Nc1cccc(C)c1. The van der Waals surface area contributed by atoms with Crippen LogP contribution in [0.25, 0.3) is 16.7 Å². The standard InChI is InChI=1S/C26H27FN4O2/c1-5-33-26-22(12-13-23(32)28-20-10-6-8-16(2)14-20)17(3)24-18(4)30-31(25(24)29-26)21-11-7-9-19(27)15-21/h6-11,14-15H,5,12-13H2,1-4H3,(H,28,32). The minimum Gasteiger partial charge on any atom is -0.478 e. The Morgan fingerprint density at radius 3 is 2.64 bits per heavy atom. The molecule has 0 aliphatic heterocycles. The van der Waals surface area contributed by atoms with E-state index in [0.717, 1.165) is 33.5 Å².